The average molecular weight is 1160 g/mol. The zero-order valence-corrected chi connectivity index (χ0v) is 49.2. The number of halogens is 1. The SMILES string of the molecule is CCCBr.CCCON=C1CCN(C)CC1.CCCON=C1CCNCC1.CN1CCC(=NO)CC1.CN1CCC(=O)CC1.COCCON=C1CCN(CCn2ncc3c2nc(N)n2nc(-c4ccco4)nc32)CC1.NO. The van der Waals surface area contributed by atoms with Gasteiger partial charge >= 0.3 is 0 Å². The smallest absolute Gasteiger partial charge is 0.225 e. The third-order valence-corrected chi connectivity index (χ3v) is 13.4. The summed E-state index contributed by atoms with van der Waals surface area (Å²) in [5.41, 5.74) is 11.9. The second kappa shape index (κ2) is 40.9. The van der Waals surface area contributed by atoms with E-state index in [2.05, 4.69) is 122 Å². The highest BCUT2D eigenvalue weighted by atomic mass is 79.9. The minimum absolute atomic E-state index is 0.256. The van der Waals surface area contributed by atoms with E-state index in [0.29, 0.717) is 48.4 Å². The number of aromatic nitrogens is 6. The maximum absolute atomic E-state index is 10.6. The van der Waals surface area contributed by atoms with Crippen molar-refractivity contribution in [1.82, 2.24) is 54.3 Å². The van der Waals surface area contributed by atoms with E-state index < -0.39 is 0 Å². The number of carbonyl (C=O) groups excluding carboxylic acids is 1. The molecule has 0 atom stereocenters. The number of nitrogens with one attached hydrogen (secondary N) is 1. The fourth-order valence-corrected chi connectivity index (χ4v) is 7.83. The van der Waals surface area contributed by atoms with E-state index in [0.717, 1.165) is 184 Å². The van der Waals surface area contributed by atoms with Crippen LogP contribution in [0.4, 0.5) is 5.95 Å². The zero-order chi connectivity index (χ0) is 56.8. The number of Topliss-reactive ketones (excluding diaryl/α,β-unsaturated/α-hetero) is 1. The van der Waals surface area contributed by atoms with Crippen LogP contribution in [0.1, 0.15) is 104 Å². The topological polar surface area (TPSA) is 295 Å². The number of oxime groups is 4. The van der Waals surface area contributed by atoms with Gasteiger partial charge in [-0.3, -0.25) is 4.79 Å². The van der Waals surface area contributed by atoms with Crippen molar-refractivity contribution in [2.24, 2.45) is 26.5 Å². The van der Waals surface area contributed by atoms with Crippen LogP contribution >= 0.6 is 15.9 Å². The molecule has 5 fully saturated rings. The van der Waals surface area contributed by atoms with Gasteiger partial charge in [0.25, 0.3) is 0 Å². The van der Waals surface area contributed by atoms with Gasteiger partial charge in [0.05, 0.1) is 53.8 Å². The summed E-state index contributed by atoms with van der Waals surface area (Å²) in [4.78, 5) is 44.3. The Labute approximate surface area is 469 Å². The van der Waals surface area contributed by atoms with Crippen LogP contribution in [0.15, 0.2) is 49.6 Å². The summed E-state index contributed by atoms with van der Waals surface area (Å²) in [6, 6.07) is 3.60. The lowest BCUT2D eigenvalue weighted by atomic mass is 10.1. The number of furan rings is 1. The molecule has 4 aromatic heterocycles. The number of nitrogens with two attached hydrogens (primary N) is 2. The van der Waals surface area contributed by atoms with Crippen molar-refractivity contribution in [3.05, 3.63) is 24.6 Å². The molecule has 7 N–H and O–H groups in total. The number of ketones is 1. The fourth-order valence-electron chi connectivity index (χ4n) is 7.83. The highest BCUT2D eigenvalue weighted by Gasteiger charge is 2.20. The Morgan fingerprint density at radius 3 is 1.69 bits per heavy atom. The lowest BCUT2D eigenvalue weighted by Gasteiger charge is -2.27. The van der Waals surface area contributed by atoms with E-state index in [-0.39, 0.29) is 5.95 Å². The number of piperidine rings is 5. The molecule has 0 radical (unpaired) electrons. The number of likely N-dealkylation sites (tertiary alicyclic amines) is 4. The molecule has 5 aliphatic rings. The van der Waals surface area contributed by atoms with Gasteiger partial charge in [0.2, 0.25) is 11.8 Å². The molecule has 4 aromatic rings. The highest BCUT2D eigenvalue weighted by molar-refractivity contribution is 9.09. The van der Waals surface area contributed by atoms with Crippen LogP contribution in [0.5, 0.6) is 0 Å². The minimum Gasteiger partial charge on any atom is -0.461 e. The number of nitrogen functional groups attached to an aromatic ring is 1. The molecular weight excluding hydrogens is 1070 g/mol. The molecule has 0 bridgehead atoms. The van der Waals surface area contributed by atoms with Gasteiger partial charge in [-0.2, -0.15) is 14.6 Å². The van der Waals surface area contributed by atoms with E-state index in [9.17, 15) is 4.79 Å². The molecule has 78 heavy (non-hydrogen) atoms. The number of fused-ring (bicyclic) bond motifs is 3. The van der Waals surface area contributed by atoms with Crippen LogP contribution in [-0.2, 0) is 30.6 Å². The molecule has 0 saturated carbocycles. The molecule has 25 nitrogen and oxygen atoms in total. The van der Waals surface area contributed by atoms with Crippen molar-refractivity contribution in [3.63, 3.8) is 0 Å². The van der Waals surface area contributed by atoms with Gasteiger partial charge in [0, 0.05) is 149 Å². The summed E-state index contributed by atoms with van der Waals surface area (Å²) in [7, 11) is 7.92. The second-order valence-electron chi connectivity index (χ2n) is 19.1. The maximum atomic E-state index is 10.6. The standard InChI is InChI=1S/C20H25N9O3.C9H18N2O.C8H16N2O.C6H12N2O.C6H11NO.C3H7Br.H3NO/c1-30-11-12-32-26-14-4-6-27(7-5-14)8-9-28-18-15(13-22-28)19-23-17(16-3-2-10-31-16)25-29(19)20(21)24-18;1-3-8-12-10-9-4-6-11(2)7-5-9;1-2-7-11-10-8-3-5-9-6-4-8;1-8-4-2-6(7-9)3-5-8;1-7-4-2-6(8)3-5-7;1-2-3-4;1-2/h2-3,10,13H,4-9,11-12H2,1H3,(H2,21,24);3-8H2,1-2H3;9H,2-7H2,1H3;9H,2-5H2,1H3;2-5H2,1H3;2-3H2,1H3;2H,1H2. The highest BCUT2D eigenvalue weighted by Crippen LogP contribution is 2.24. The van der Waals surface area contributed by atoms with Crippen molar-refractivity contribution in [2.75, 3.05) is 138 Å². The normalized spacial score (nSPS) is 17.2. The van der Waals surface area contributed by atoms with Crippen molar-refractivity contribution in [2.45, 2.75) is 111 Å². The van der Waals surface area contributed by atoms with Gasteiger partial charge in [-0.15, -0.1) is 5.10 Å². The third kappa shape index (κ3) is 26.2. The first-order valence-corrected chi connectivity index (χ1v) is 28.6. The number of nitrogens with zero attached hydrogens (tertiary/aromatic N) is 14. The number of carbonyl (C=O) groups is 1. The van der Waals surface area contributed by atoms with Gasteiger partial charge < -0.3 is 64.7 Å². The van der Waals surface area contributed by atoms with Crippen LogP contribution in [0, 0.1) is 0 Å². The monoisotopic (exact) mass is 1160 g/mol. The van der Waals surface area contributed by atoms with Gasteiger partial charge in [-0.25, -0.2) is 15.6 Å². The summed E-state index contributed by atoms with van der Waals surface area (Å²) in [6.45, 7) is 20.6. The predicted octanol–water partition coefficient (Wildman–Crippen LogP) is 6.03. The average Bonchev–Trinajstić information content (AvgIpc) is 4.34. The van der Waals surface area contributed by atoms with Gasteiger partial charge in [0.15, 0.2) is 17.1 Å². The molecule has 26 heteroatoms. The van der Waals surface area contributed by atoms with Crippen LogP contribution in [0.2, 0.25) is 0 Å². The molecule has 0 amide bonds. The zero-order valence-electron chi connectivity index (χ0n) is 47.7. The van der Waals surface area contributed by atoms with Crippen LogP contribution in [-0.4, -0.2) is 220 Å². The Morgan fingerprint density at radius 2 is 1.21 bits per heavy atom. The number of hydrogen-bond donors (Lipinski definition) is 5. The van der Waals surface area contributed by atoms with Crippen molar-refractivity contribution in [1.29, 1.82) is 0 Å². The number of ether oxygens (including phenoxy) is 1. The van der Waals surface area contributed by atoms with E-state index in [1.807, 2.05) is 11.7 Å². The van der Waals surface area contributed by atoms with E-state index in [1.165, 1.54) is 22.4 Å². The first kappa shape index (κ1) is 67.1. The predicted molar refractivity (Wildman–Crippen MR) is 311 cm³/mol. The Kier molecular flexibility index (Phi) is 35.2. The van der Waals surface area contributed by atoms with Crippen LogP contribution in [0.3, 0.4) is 0 Å². The molecular formula is C52H92BrN17O8. The number of hydrogen-bond acceptors (Lipinski definition) is 23. The van der Waals surface area contributed by atoms with Crippen molar-refractivity contribution in [3.8, 4) is 11.6 Å². The lowest BCUT2D eigenvalue weighted by molar-refractivity contribution is -0.121. The Balaban J connectivity index is 0.000000285. The van der Waals surface area contributed by atoms with Crippen LogP contribution < -0.4 is 16.9 Å². The Morgan fingerprint density at radius 1 is 0.692 bits per heavy atom. The first-order valence-electron chi connectivity index (χ1n) is 27.5. The first-order chi connectivity index (χ1) is 38.0. The quantitative estimate of drug-likeness (QED) is 0.0393. The van der Waals surface area contributed by atoms with Gasteiger partial charge in [-0.1, -0.05) is 57.3 Å². The number of rotatable bonds is 15. The van der Waals surface area contributed by atoms with E-state index in [4.69, 9.17) is 39.8 Å². The number of alkyl halides is 1. The summed E-state index contributed by atoms with van der Waals surface area (Å²) in [5, 5.41) is 44.5. The molecule has 9 heterocycles. The van der Waals surface area contributed by atoms with Gasteiger partial charge in [-0.05, 0) is 52.5 Å². The molecule has 5 aliphatic heterocycles. The molecule has 440 valence electrons. The summed E-state index contributed by atoms with van der Waals surface area (Å²) >= 11 is 3.25. The summed E-state index contributed by atoms with van der Waals surface area (Å²) in [5.74, 6) is 5.21. The third-order valence-electron chi connectivity index (χ3n) is 12.6. The van der Waals surface area contributed by atoms with Crippen LogP contribution in [0.25, 0.3) is 28.3 Å². The fraction of sp³-hybridized carbons (Fsp3) is 0.712. The molecule has 9 rings (SSSR count). The molecule has 5 saturated heterocycles. The molecule has 0 spiro atoms. The number of anilines is 1. The van der Waals surface area contributed by atoms with Gasteiger partial charge in [0.1, 0.15) is 25.6 Å². The van der Waals surface area contributed by atoms with E-state index >= 15 is 0 Å². The Hall–Kier alpha value is -5.19. The molecule has 0 unspecified atom stereocenters. The summed E-state index contributed by atoms with van der Waals surface area (Å²) < 4.78 is 13.7. The molecule has 0 aromatic carbocycles. The summed E-state index contributed by atoms with van der Waals surface area (Å²) in [6.07, 6.45) is 16.0. The number of methoxy groups -OCH3 is 1. The largest absolute Gasteiger partial charge is 0.461 e. The second-order valence-corrected chi connectivity index (χ2v) is 19.9. The minimum atomic E-state index is 0.256. The van der Waals surface area contributed by atoms with E-state index in [1.54, 1.807) is 31.7 Å². The van der Waals surface area contributed by atoms with Crippen molar-refractivity contribution < 1.29 is 38.9 Å². The Bertz CT molecular complexity index is 2300. The van der Waals surface area contributed by atoms with Crippen molar-refractivity contribution >= 4 is 67.2 Å². The lowest BCUT2D eigenvalue weighted by Crippen LogP contribution is -2.36. The maximum Gasteiger partial charge on any atom is 0.225 e. The molecule has 0 aliphatic carbocycles.